The molecular weight excluding hydrogens is 292 g/mol. The molecule has 1 fully saturated rings. The molecule has 1 aliphatic rings. The number of morpholine rings is 1. The van der Waals surface area contributed by atoms with Gasteiger partial charge in [-0.3, -0.25) is 9.59 Å². The van der Waals surface area contributed by atoms with E-state index in [1.807, 2.05) is 13.8 Å². The van der Waals surface area contributed by atoms with E-state index in [2.05, 4.69) is 15.5 Å². The molecule has 2 heterocycles. The van der Waals surface area contributed by atoms with Gasteiger partial charge in [-0.25, -0.2) is 0 Å². The molecule has 0 spiro atoms. The van der Waals surface area contributed by atoms with E-state index in [-0.39, 0.29) is 30.6 Å². The molecule has 2 rings (SSSR count). The van der Waals surface area contributed by atoms with Crippen LogP contribution in [0.15, 0.2) is 0 Å². The fourth-order valence-electron chi connectivity index (χ4n) is 1.89. The van der Waals surface area contributed by atoms with Crippen molar-refractivity contribution < 1.29 is 14.3 Å². The molecule has 0 saturated carbocycles. The second-order valence-electron chi connectivity index (χ2n) is 5.14. The molecule has 21 heavy (non-hydrogen) atoms. The first-order valence-corrected chi connectivity index (χ1v) is 7.86. The highest BCUT2D eigenvalue weighted by Crippen LogP contribution is 2.22. The lowest BCUT2D eigenvalue weighted by molar-refractivity contribution is -0.136. The largest absolute Gasteiger partial charge is 0.378 e. The van der Waals surface area contributed by atoms with Gasteiger partial charge >= 0.3 is 0 Å². The zero-order chi connectivity index (χ0) is 15.2. The van der Waals surface area contributed by atoms with Crippen molar-refractivity contribution in [3.8, 4) is 0 Å². The Morgan fingerprint density at radius 1 is 1.29 bits per heavy atom. The van der Waals surface area contributed by atoms with Gasteiger partial charge in [0.05, 0.1) is 13.2 Å². The quantitative estimate of drug-likeness (QED) is 0.884. The molecule has 0 radical (unpaired) electrons. The van der Waals surface area contributed by atoms with Crippen LogP contribution in [0.3, 0.4) is 0 Å². The van der Waals surface area contributed by atoms with Crippen LogP contribution in [0.25, 0.3) is 0 Å². The predicted octanol–water partition coefficient (Wildman–Crippen LogP) is 1.24. The number of anilines is 1. The summed E-state index contributed by atoms with van der Waals surface area (Å²) < 4.78 is 5.19. The lowest BCUT2D eigenvalue weighted by Gasteiger charge is -2.26. The summed E-state index contributed by atoms with van der Waals surface area (Å²) in [6.07, 6.45) is 0.370. The summed E-state index contributed by atoms with van der Waals surface area (Å²) in [7, 11) is 0. The lowest BCUT2D eigenvalue weighted by atomic mass is 10.2. The number of nitrogens with zero attached hydrogens (tertiary/aromatic N) is 3. The molecule has 116 valence electrons. The summed E-state index contributed by atoms with van der Waals surface area (Å²) in [5.41, 5.74) is 0. The molecule has 1 aromatic rings. The van der Waals surface area contributed by atoms with Crippen molar-refractivity contribution in [1.29, 1.82) is 0 Å². The predicted molar refractivity (Wildman–Crippen MR) is 79.3 cm³/mol. The number of ether oxygens (including phenoxy) is 1. The Labute approximate surface area is 127 Å². The topological polar surface area (TPSA) is 84.4 Å². The van der Waals surface area contributed by atoms with E-state index in [1.54, 1.807) is 4.90 Å². The molecule has 1 aromatic heterocycles. The number of rotatable bonds is 5. The smallest absolute Gasteiger partial charge is 0.226 e. The van der Waals surface area contributed by atoms with Crippen LogP contribution in [0, 0.1) is 0 Å². The summed E-state index contributed by atoms with van der Waals surface area (Å²) in [4.78, 5) is 25.5. The summed E-state index contributed by atoms with van der Waals surface area (Å²) in [5, 5.41) is 12.0. The van der Waals surface area contributed by atoms with Gasteiger partial charge < -0.3 is 15.0 Å². The van der Waals surface area contributed by atoms with E-state index >= 15 is 0 Å². The highest BCUT2D eigenvalue weighted by molar-refractivity contribution is 7.15. The SMILES string of the molecule is CC(C)c1nnc(NC(=O)CCC(=O)N2CCOCC2)s1. The third kappa shape index (κ3) is 4.75. The molecule has 1 saturated heterocycles. The zero-order valence-electron chi connectivity index (χ0n) is 12.3. The van der Waals surface area contributed by atoms with Crippen molar-refractivity contribution in [2.24, 2.45) is 0 Å². The Balaban J connectivity index is 1.74. The normalized spacial score (nSPS) is 15.3. The summed E-state index contributed by atoms with van der Waals surface area (Å²) >= 11 is 1.37. The fourth-order valence-corrected chi connectivity index (χ4v) is 2.65. The minimum Gasteiger partial charge on any atom is -0.378 e. The first-order valence-electron chi connectivity index (χ1n) is 7.05. The van der Waals surface area contributed by atoms with Gasteiger partial charge in [0.2, 0.25) is 16.9 Å². The molecule has 0 aliphatic carbocycles. The van der Waals surface area contributed by atoms with Crippen molar-refractivity contribution in [3.63, 3.8) is 0 Å². The van der Waals surface area contributed by atoms with Gasteiger partial charge in [-0.2, -0.15) is 0 Å². The van der Waals surface area contributed by atoms with Crippen molar-refractivity contribution in [1.82, 2.24) is 15.1 Å². The molecule has 1 N–H and O–H groups in total. The van der Waals surface area contributed by atoms with Crippen molar-refractivity contribution in [2.75, 3.05) is 31.6 Å². The van der Waals surface area contributed by atoms with Gasteiger partial charge in [-0.1, -0.05) is 25.2 Å². The monoisotopic (exact) mass is 312 g/mol. The lowest BCUT2D eigenvalue weighted by Crippen LogP contribution is -2.40. The van der Waals surface area contributed by atoms with Crippen LogP contribution in [0.5, 0.6) is 0 Å². The summed E-state index contributed by atoms with van der Waals surface area (Å²) in [5.74, 6) is 0.0766. The van der Waals surface area contributed by atoms with Crippen LogP contribution in [0.1, 0.15) is 37.6 Å². The summed E-state index contributed by atoms with van der Waals surface area (Å²) in [6.45, 7) is 6.39. The van der Waals surface area contributed by atoms with Crippen LogP contribution >= 0.6 is 11.3 Å². The Kier molecular flexibility index (Phi) is 5.63. The molecule has 8 heteroatoms. The molecular formula is C13H20N4O3S. The highest BCUT2D eigenvalue weighted by Gasteiger charge is 2.18. The van der Waals surface area contributed by atoms with Gasteiger partial charge in [0.25, 0.3) is 0 Å². The minimum absolute atomic E-state index is 0.00594. The van der Waals surface area contributed by atoms with Crippen molar-refractivity contribution in [2.45, 2.75) is 32.6 Å². The van der Waals surface area contributed by atoms with Crippen LogP contribution in [0.4, 0.5) is 5.13 Å². The Morgan fingerprint density at radius 3 is 2.62 bits per heavy atom. The first-order chi connectivity index (χ1) is 10.1. The number of hydrogen-bond acceptors (Lipinski definition) is 6. The van der Waals surface area contributed by atoms with Gasteiger partial charge in [0.1, 0.15) is 5.01 Å². The van der Waals surface area contributed by atoms with Crippen LogP contribution in [0.2, 0.25) is 0 Å². The molecule has 0 unspecified atom stereocenters. The molecule has 7 nitrogen and oxygen atoms in total. The average Bonchev–Trinajstić information content (AvgIpc) is 2.94. The standard InChI is InChI=1S/C13H20N4O3S/c1-9(2)12-15-16-13(21-12)14-10(18)3-4-11(19)17-5-7-20-8-6-17/h9H,3-8H2,1-2H3,(H,14,16,18). The first kappa shape index (κ1) is 15.8. The van der Waals surface area contributed by atoms with Crippen molar-refractivity contribution >= 4 is 28.3 Å². The van der Waals surface area contributed by atoms with E-state index < -0.39 is 0 Å². The van der Waals surface area contributed by atoms with Gasteiger partial charge in [0, 0.05) is 31.8 Å². The van der Waals surface area contributed by atoms with E-state index in [4.69, 9.17) is 4.74 Å². The van der Waals surface area contributed by atoms with E-state index in [0.29, 0.717) is 31.4 Å². The summed E-state index contributed by atoms with van der Waals surface area (Å²) in [6, 6.07) is 0. The van der Waals surface area contributed by atoms with Gasteiger partial charge in [0.15, 0.2) is 0 Å². The zero-order valence-corrected chi connectivity index (χ0v) is 13.1. The molecule has 0 bridgehead atoms. The number of nitrogens with one attached hydrogen (secondary N) is 1. The van der Waals surface area contributed by atoms with Gasteiger partial charge in [-0.15, -0.1) is 10.2 Å². The van der Waals surface area contributed by atoms with Crippen LogP contribution in [-0.2, 0) is 14.3 Å². The number of carbonyl (C=O) groups excluding carboxylic acids is 2. The highest BCUT2D eigenvalue weighted by atomic mass is 32.1. The van der Waals surface area contributed by atoms with Crippen LogP contribution < -0.4 is 5.32 Å². The Bertz CT molecular complexity index is 497. The third-order valence-corrected chi connectivity index (χ3v) is 4.25. The molecule has 1 aliphatic heterocycles. The average molecular weight is 312 g/mol. The maximum absolute atomic E-state index is 11.9. The maximum Gasteiger partial charge on any atom is 0.226 e. The fraction of sp³-hybridized carbons (Fsp3) is 0.692. The minimum atomic E-state index is -0.205. The number of hydrogen-bond donors (Lipinski definition) is 1. The Hall–Kier alpha value is -1.54. The van der Waals surface area contributed by atoms with E-state index in [0.717, 1.165) is 5.01 Å². The van der Waals surface area contributed by atoms with Gasteiger partial charge in [-0.05, 0) is 0 Å². The number of aromatic nitrogens is 2. The Morgan fingerprint density at radius 2 is 2.00 bits per heavy atom. The number of amides is 2. The van der Waals surface area contributed by atoms with Crippen LogP contribution in [-0.4, -0.2) is 53.2 Å². The van der Waals surface area contributed by atoms with E-state index in [9.17, 15) is 9.59 Å². The van der Waals surface area contributed by atoms with E-state index in [1.165, 1.54) is 11.3 Å². The maximum atomic E-state index is 11.9. The molecule has 2 amide bonds. The molecule has 0 atom stereocenters. The number of carbonyl (C=O) groups is 2. The third-order valence-electron chi connectivity index (χ3n) is 3.11. The second-order valence-corrected chi connectivity index (χ2v) is 6.15. The van der Waals surface area contributed by atoms with Crippen molar-refractivity contribution in [3.05, 3.63) is 5.01 Å². The second kappa shape index (κ2) is 7.46. The molecule has 0 aromatic carbocycles.